The molecule has 1 aromatic rings. The minimum absolute atomic E-state index is 0.127. The van der Waals surface area contributed by atoms with Crippen LogP contribution in [0.2, 0.25) is 0 Å². The Balaban J connectivity index is 2.16. The van der Waals surface area contributed by atoms with Crippen LogP contribution < -0.4 is 10.6 Å². The molecule has 16 heavy (non-hydrogen) atoms. The number of nitrogens with zero attached hydrogens (tertiary/aromatic N) is 1. The van der Waals surface area contributed by atoms with Gasteiger partial charge in [-0.1, -0.05) is 15.9 Å². The van der Waals surface area contributed by atoms with Crippen molar-refractivity contribution in [2.24, 2.45) is 5.73 Å². The number of aliphatic hydroxyl groups is 1. The van der Waals surface area contributed by atoms with Crippen LogP contribution in [0, 0.1) is 0 Å². The summed E-state index contributed by atoms with van der Waals surface area (Å²) in [7, 11) is 0. The SMILES string of the molecule is NCc1cc(Br)cc(N2CCC(O)CC2)c1. The lowest BCUT2D eigenvalue weighted by Crippen LogP contribution is -2.35. The highest BCUT2D eigenvalue weighted by molar-refractivity contribution is 9.10. The normalized spacial score (nSPS) is 17.8. The van der Waals surface area contributed by atoms with Crippen molar-refractivity contribution in [3.05, 3.63) is 28.2 Å². The molecule has 1 saturated heterocycles. The number of rotatable bonds is 2. The smallest absolute Gasteiger partial charge is 0.0574 e. The maximum Gasteiger partial charge on any atom is 0.0574 e. The molecule has 0 bridgehead atoms. The Labute approximate surface area is 104 Å². The molecule has 4 heteroatoms. The first-order chi connectivity index (χ1) is 7.69. The van der Waals surface area contributed by atoms with E-state index in [9.17, 15) is 5.11 Å². The van der Waals surface area contributed by atoms with Gasteiger partial charge in [0.1, 0.15) is 0 Å². The fourth-order valence-electron chi connectivity index (χ4n) is 2.06. The van der Waals surface area contributed by atoms with E-state index in [2.05, 4.69) is 33.0 Å². The number of hydrogen-bond donors (Lipinski definition) is 2. The quantitative estimate of drug-likeness (QED) is 0.872. The van der Waals surface area contributed by atoms with Crippen LogP contribution in [-0.4, -0.2) is 24.3 Å². The van der Waals surface area contributed by atoms with Gasteiger partial charge in [-0.05, 0) is 36.6 Å². The summed E-state index contributed by atoms with van der Waals surface area (Å²) in [6, 6.07) is 6.28. The molecule has 88 valence electrons. The molecule has 1 heterocycles. The number of halogens is 1. The van der Waals surface area contributed by atoms with Crippen LogP contribution in [-0.2, 0) is 6.54 Å². The number of anilines is 1. The van der Waals surface area contributed by atoms with E-state index >= 15 is 0 Å². The largest absolute Gasteiger partial charge is 0.393 e. The lowest BCUT2D eigenvalue weighted by Gasteiger charge is -2.31. The summed E-state index contributed by atoms with van der Waals surface area (Å²) >= 11 is 3.50. The van der Waals surface area contributed by atoms with Crippen LogP contribution in [0.25, 0.3) is 0 Å². The van der Waals surface area contributed by atoms with Gasteiger partial charge in [0, 0.05) is 29.8 Å². The van der Waals surface area contributed by atoms with Gasteiger partial charge in [0.15, 0.2) is 0 Å². The Morgan fingerprint density at radius 1 is 1.31 bits per heavy atom. The standard InChI is InChI=1S/C12H17BrN2O/c13-10-5-9(8-14)6-11(7-10)15-3-1-12(16)2-4-15/h5-7,12,16H,1-4,8,14H2. The maximum atomic E-state index is 9.47. The third-order valence-corrected chi connectivity index (χ3v) is 3.47. The van der Waals surface area contributed by atoms with E-state index < -0.39 is 0 Å². The third kappa shape index (κ3) is 2.75. The second kappa shape index (κ2) is 5.17. The molecule has 0 unspecified atom stereocenters. The van der Waals surface area contributed by atoms with E-state index in [1.54, 1.807) is 0 Å². The fraction of sp³-hybridized carbons (Fsp3) is 0.500. The predicted molar refractivity (Wildman–Crippen MR) is 69.5 cm³/mol. The Morgan fingerprint density at radius 3 is 2.62 bits per heavy atom. The molecule has 3 nitrogen and oxygen atoms in total. The van der Waals surface area contributed by atoms with Gasteiger partial charge in [0.25, 0.3) is 0 Å². The lowest BCUT2D eigenvalue weighted by molar-refractivity contribution is 0.145. The molecule has 0 spiro atoms. The van der Waals surface area contributed by atoms with Gasteiger partial charge in [0.2, 0.25) is 0 Å². The zero-order chi connectivity index (χ0) is 11.5. The summed E-state index contributed by atoms with van der Waals surface area (Å²) in [6.07, 6.45) is 1.58. The second-order valence-corrected chi connectivity index (χ2v) is 5.16. The van der Waals surface area contributed by atoms with Crippen molar-refractivity contribution in [3.63, 3.8) is 0 Å². The Morgan fingerprint density at radius 2 is 2.00 bits per heavy atom. The van der Waals surface area contributed by atoms with E-state index in [1.165, 1.54) is 5.69 Å². The summed E-state index contributed by atoms with van der Waals surface area (Å²) in [5.74, 6) is 0. The Kier molecular flexibility index (Phi) is 3.84. The predicted octanol–water partition coefficient (Wildman–Crippen LogP) is 1.87. The van der Waals surface area contributed by atoms with Crippen molar-refractivity contribution in [1.29, 1.82) is 0 Å². The van der Waals surface area contributed by atoms with Gasteiger partial charge in [0.05, 0.1) is 6.10 Å². The number of hydrogen-bond acceptors (Lipinski definition) is 3. The highest BCUT2D eigenvalue weighted by Gasteiger charge is 2.17. The second-order valence-electron chi connectivity index (χ2n) is 4.24. The number of benzene rings is 1. The average Bonchev–Trinajstić information content (AvgIpc) is 2.29. The minimum atomic E-state index is -0.127. The summed E-state index contributed by atoms with van der Waals surface area (Å²) in [5, 5.41) is 9.47. The summed E-state index contributed by atoms with van der Waals surface area (Å²) in [5.41, 5.74) is 7.99. The number of piperidine rings is 1. The molecule has 0 aliphatic carbocycles. The van der Waals surface area contributed by atoms with Gasteiger partial charge in [-0.15, -0.1) is 0 Å². The summed E-state index contributed by atoms with van der Waals surface area (Å²) in [6.45, 7) is 2.40. The zero-order valence-electron chi connectivity index (χ0n) is 9.19. The summed E-state index contributed by atoms with van der Waals surface area (Å²) in [4.78, 5) is 2.30. The lowest BCUT2D eigenvalue weighted by atomic mass is 10.1. The Bertz CT molecular complexity index is 362. The molecule has 0 atom stereocenters. The van der Waals surface area contributed by atoms with Gasteiger partial charge < -0.3 is 15.7 Å². The van der Waals surface area contributed by atoms with Crippen molar-refractivity contribution >= 4 is 21.6 Å². The van der Waals surface area contributed by atoms with Crippen molar-refractivity contribution in [2.75, 3.05) is 18.0 Å². The monoisotopic (exact) mass is 284 g/mol. The van der Waals surface area contributed by atoms with Crippen LogP contribution in [0.15, 0.2) is 22.7 Å². The molecule has 2 rings (SSSR count). The van der Waals surface area contributed by atoms with Crippen LogP contribution in [0.3, 0.4) is 0 Å². The van der Waals surface area contributed by atoms with Crippen LogP contribution in [0.4, 0.5) is 5.69 Å². The van der Waals surface area contributed by atoms with Gasteiger partial charge in [-0.2, -0.15) is 0 Å². The summed E-state index contributed by atoms with van der Waals surface area (Å²) < 4.78 is 1.07. The molecule has 0 aromatic heterocycles. The molecule has 0 radical (unpaired) electrons. The number of nitrogens with two attached hydrogens (primary N) is 1. The highest BCUT2D eigenvalue weighted by atomic mass is 79.9. The van der Waals surface area contributed by atoms with E-state index in [-0.39, 0.29) is 6.10 Å². The molecular weight excluding hydrogens is 268 g/mol. The van der Waals surface area contributed by atoms with E-state index in [0.717, 1.165) is 36.0 Å². The van der Waals surface area contributed by atoms with Crippen LogP contribution in [0.1, 0.15) is 18.4 Å². The van der Waals surface area contributed by atoms with Crippen LogP contribution in [0.5, 0.6) is 0 Å². The average molecular weight is 285 g/mol. The van der Waals surface area contributed by atoms with Crippen molar-refractivity contribution in [1.82, 2.24) is 0 Å². The van der Waals surface area contributed by atoms with E-state index in [0.29, 0.717) is 6.54 Å². The molecule has 0 amide bonds. The topological polar surface area (TPSA) is 49.5 Å². The molecule has 1 fully saturated rings. The van der Waals surface area contributed by atoms with Gasteiger partial charge >= 0.3 is 0 Å². The molecule has 1 aliphatic rings. The Hall–Kier alpha value is -0.580. The number of aliphatic hydroxyl groups excluding tert-OH is 1. The van der Waals surface area contributed by atoms with Gasteiger partial charge in [-0.25, -0.2) is 0 Å². The fourth-order valence-corrected chi connectivity index (χ4v) is 2.59. The first kappa shape index (κ1) is 11.9. The van der Waals surface area contributed by atoms with Crippen LogP contribution >= 0.6 is 15.9 Å². The van der Waals surface area contributed by atoms with Gasteiger partial charge in [-0.3, -0.25) is 0 Å². The van der Waals surface area contributed by atoms with Crippen molar-refractivity contribution in [2.45, 2.75) is 25.5 Å². The molecular formula is C12H17BrN2O. The molecule has 0 saturated carbocycles. The highest BCUT2D eigenvalue weighted by Crippen LogP contribution is 2.25. The molecule has 1 aliphatic heterocycles. The third-order valence-electron chi connectivity index (χ3n) is 3.01. The first-order valence-electron chi connectivity index (χ1n) is 5.61. The van der Waals surface area contributed by atoms with E-state index in [4.69, 9.17) is 5.73 Å². The van der Waals surface area contributed by atoms with Crippen molar-refractivity contribution < 1.29 is 5.11 Å². The van der Waals surface area contributed by atoms with Crippen molar-refractivity contribution in [3.8, 4) is 0 Å². The molecule has 1 aromatic carbocycles. The zero-order valence-corrected chi connectivity index (χ0v) is 10.8. The van der Waals surface area contributed by atoms with E-state index in [1.807, 2.05) is 6.07 Å². The maximum absolute atomic E-state index is 9.47. The minimum Gasteiger partial charge on any atom is -0.393 e. The first-order valence-corrected chi connectivity index (χ1v) is 6.41. The molecule has 3 N–H and O–H groups in total.